The van der Waals surface area contributed by atoms with Crippen molar-refractivity contribution in [1.29, 1.82) is 0 Å². The molecule has 3 aliphatic rings. The van der Waals surface area contributed by atoms with E-state index in [-0.39, 0.29) is 54.8 Å². The predicted molar refractivity (Wildman–Crippen MR) is 212 cm³/mol. The fraction of sp³-hybridized carbons (Fsp3) is 0.439. The summed E-state index contributed by atoms with van der Waals surface area (Å²) in [6.45, 7) is 5.98. The van der Waals surface area contributed by atoms with Gasteiger partial charge in [0.1, 0.15) is 41.9 Å². The van der Waals surface area contributed by atoms with Crippen LogP contribution in [0.4, 0.5) is 0 Å². The van der Waals surface area contributed by atoms with Crippen molar-refractivity contribution in [1.82, 2.24) is 35.0 Å². The predicted octanol–water partition coefficient (Wildman–Crippen LogP) is 2.63. The van der Waals surface area contributed by atoms with Crippen LogP contribution in [0, 0.1) is 11.8 Å². The Morgan fingerprint density at radius 3 is 2.37 bits per heavy atom. The van der Waals surface area contributed by atoms with Crippen LogP contribution in [0.2, 0.25) is 0 Å². The van der Waals surface area contributed by atoms with Crippen molar-refractivity contribution < 1.29 is 37.1 Å². The minimum atomic E-state index is -4.35. The van der Waals surface area contributed by atoms with Crippen molar-refractivity contribution >= 4 is 39.3 Å². The van der Waals surface area contributed by atoms with E-state index in [1.807, 2.05) is 13.8 Å². The van der Waals surface area contributed by atoms with E-state index in [9.17, 15) is 27.6 Å². The summed E-state index contributed by atoms with van der Waals surface area (Å²) < 4.78 is 43.3. The minimum absolute atomic E-state index is 0.00662. The molecule has 4 aromatic rings. The molecule has 1 fully saturated rings. The molecule has 0 radical (unpaired) electrons. The zero-order valence-electron chi connectivity index (χ0n) is 32.6. The smallest absolute Gasteiger partial charge is 0.258 e. The number of nitrogens with one attached hydrogen (secondary N) is 4. The third-order valence-electron chi connectivity index (χ3n) is 9.99. The molecule has 304 valence electrons. The summed E-state index contributed by atoms with van der Waals surface area (Å²) in [6, 6.07) is 14.9. The molecule has 0 unspecified atom stereocenters. The van der Waals surface area contributed by atoms with E-state index < -0.39 is 45.9 Å². The first-order chi connectivity index (χ1) is 27.3. The number of hydrogen-bond donors (Lipinski definition) is 4. The number of rotatable bonds is 10. The van der Waals surface area contributed by atoms with Crippen LogP contribution in [0.25, 0.3) is 5.65 Å². The largest absolute Gasteiger partial charge is 0.497 e. The van der Waals surface area contributed by atoms with Crippen LogP contribution in [0.15, 0.2) is 84.1 Å². The Labute approximate surface area is 332 Å². The van der Waals surface area contributed by atoms with Crippen LogP contribution in [-0.4, -0.2) is 97.3 Å². The molecule has 2 aromatic carbocycles. The first-order valence-corrected chi connectivity index (χ1v) is 20.7. The molecule has 4 heterocycles. The van der Waals surface area contributed by atoms with Gasteiger partial charge in [-0.3, -0.25) is 23.6 Å². The van der Waals surface area contributed by atoms with Crippen LogP contribution >= 0.6 is 0 Å². The lowest BCUT2D eigenvalue weighted by molar-refractivity contribution is -0.140. The Morgan fingerprint density at radius 2 is 1.68 bits per heavy atom. The number of carbonyl (C=O) groups is 4. The molecule has 0 saturated heterocycles. The maximum Gasteiger partial charge on any atom is 0.258 e. The van der Waals surface area contributed by atoms with Crippen LogP contribution in [0.5, 0.6) is 11.5 Å². The summed E-state index contributed by atoms with van der Waals surface area (Å²) >= 11 is 0. The molecule has 4 atom stereocenters. The first kappa shape index (κ1) is 41.2. The van der Waals surface area contributed by atoms with Gasteiger partial charge in [0.2, 0.25) is 23.6 Å². The molecule has 1 aliphatic carbocycles. The summed E-state index contributed by atoms with van der Waals surface area (Å²) in [5.41, 5.74) is 1.68. The van der Waals surface area contributed by atoms with E-state index in [1.165, 1.54) is 22.6 Å². The van der Waals surface area contributed by atoms with Gasteiger partial charge in [-0.2, -0.15) is 4.72 Å². The lowest BCUT2D eigenvalue weighted by Crippen LogP contribution is -2.58. The molecule has 16 heteroatoms. The normalized spacial score (nSPS) is 21.8. The first-order valence-electron chi connectivity index (χ1n) is 19.3. The third-order valence-corrected chi connectivity index (χ3v) is 11.4. The summed E-state index contributed by atoms with van der Waals surface area (Å²) in [5, 5.41) is 8.44. The van der Waals surface area contributed by atoms with E-state index in [0.717, 1.165) is 12.8 Å². The molecule has 0 spiro atoms. The number of imidazole rings is 1. The number of nitrogens with zero attached hydrogens (tertiary/aromatic N) is 3. The highest BCUT2D eigenvalue weighted by atomic mass is 32.2. The fourth-order valence-electron chi connectivity index (χ4n) is 6.86. The van der Waals surface area contributed by atoms with Gasteiger partial charge in [-0.25, -0.2) is 13.4 Å². The van der Waals surface area contributed by atoms with E-state index in [4.69, 9.17) is 9.47 Å². The second kappa shape index (κ2) is 18.2. The van der Waals surface area contributed by atoms with Crippen molar-refractivity contribution in [2.75, 3.05) is 26.8 Å². The molecule has 2 aromatic heterocycles. The quantitative estimate of drug-likeness (QED) is 0.175. The highest BCUT2D eigenvalue weighted by molar-refractivity contribution is 7.89. The number of sulfonamides is 1. The van der Waals surface area contributed by atoms with E-state index in [2.05, 4.69) is 25.7 Å². The number of benzene rings is 2. The summed E-state index contributed by atoms with van der Waals surface area (Å²) in [6.07, 6.45) is 5.20. The molecule has 2 aliphatic heterocycles. The van der Waals surface area contributed by atoms with Gasteiger partial charge in [-0.15, -0.1) is 0 Å². The summed E-state index contributed by atoms with van der Waals surface area (Å²) in [7, 11) is -2.81. The molecule has 2 bridgehead atoms. The van der Waals surface area contributed by atoms with Gasteiger partial charge in [0.25, 0.3) is 10.0 Å². The number of hydrogen-bond acceptors (Lipinski definition) is 9. The summed E-state index contributed by atoms with van der Waals surface area (Å²) in [4.78, 5) is 61.5. The summed E-state index contributed by atoms with van der Waals surface area (Å²) in [5.74, 6) is -0.588. The molecule has 4 amide bonds. The van der Waals surface area contributed by atoms with Crippen LogP contribution < -0.4 is 30.1 Å². The topological polar surface area (TPSA) is 190 Å². The number of amides is 4. The van der Waals surface area contributed by atoms with E-state index >= 15 is 0 Å². The highest BCUT2D eigenvalue weighted by Gasteiger charge is 2.35. The number of ether oxygens (including phenoxy) is 2. The van der Waals surface area contributed by atoms with Gasteiger partial charge in [0, 0.05) is 19.2 Å². The SMILES string of the molecule is COc1ccc(C[C@@H]2NC(=O)[C@@H](NS(=O)(=O)c3cnc4ccccn34)Cc3ccc(cc3)OC[C@H](CC(C)C)NC(=O)CN(CC3CC3)C(=O)[C@@H](C)NC2=O)cc1. The third kappa shape index (κ3) is 11.1. The lowest BCUT2D eigenvalue weighted by Gasteiger charge is -2.29. The molecular formula is C41H51N7O8S. The lowest BCUT2D eigenvalue weighted by atomic mass is 10.0. The van der Waals surface area contributed by atoms with Crippen LogP contribution in [0.1, 0.15) is 51.2 Å². The molecule has 4 N–H and O–H groups in total. The Morgan fingerprint density at radius 1 is 0.947 bits per heavy atom. The Bertz CT molecular complexity index is 2150. The van der Waals surface area contributed by atoms with Crippen LogP contribution in [-0.2, 0) is 42.0 Å². The maximum atomic E-state index is 14.3. The molecule has 7 rings (SSSR count). The van der Waals surface area contributed by atoms with Gasteiger partial charge in [0.05, 0.1) is 25.9 Å². The number of aromatic nitrogens is 2. The Balaban J connectivity index is 1.35. The van der Waals surface area contributed by atoms with Crippen molar-refractivity contribution in [2.24, 2.45) is 11.8 Å². The Hall–Kier alpha value is -5.48. The average molecular weight is 802 g/mol. The van der Waals surface area contributed by atoms with Crippen molar-refractivity contribution in [3.05, 3.63) is 90.3 Å². The van der Waals surface area contributed by atoms with Gasteiger partial charge in [0.15, 0.2) is 5.03 Å². The van der Waals surface area contributed by atoms with E-state index in [1.54, 1.807) is 79.9 Å². The minimum Gasteiger partial charge on any atom is -0.497 e. The number of carbonyl (C=O) groups excluding carboxylic acids is 4. The van der Waals surface area contributed by atoms with Gasteiger partial charge in [-0.05, 0) is 92.0 Å². The van der Waals surface area contributed by atoms with E-state index in [0.29, 0.717) is 41.2 Å². The Kier molecular flexibility index (Phi) is 13.1. The van der Waals surface area contributed by atoms with Gasteiger partial charge in [-0.1, -0.05) is 44.2 Å². The maximum absolute atomic E-state index is 14.3. The van der Waals surface area contributed by atoms with Gasteiger partial charge >= 0.3 is 0 Å². The van der Waals surface area contributed by atoms with Crippen molar-refractivity contribution in [2.45, 2.75) is 82.1 Å². The monoisotopic (exact) mass is 801 g/mol. The standard InChI is InChI=1S/C41H51N7O8S/c1-26(2)19-31-25-56-33-16-12-29(13-17-33)21-35(46-57(53,54)38-22-42-36-7-5-6-18-48(36)38)40(51)45-34(20-28-10-14-32(55-4)15-11-28)39(50)43-27(3)41(52)47(23-30-8-9-30)24-37(49)44-31/h5-7,10-18,22,26-27,30-31,34-35,46H,8-9,19-21,23-25H2,1-4H3,(H,43,50)(H,44,49)(H,45,51)/t27-,31+,34+,35+/m1/s1. The second-order valence-electron chi connectivity index (χ2n) is 15.3. The zero-order chi connectivity index (χ0) is 40.7. The molecular weight excluding hydrogens is 751 g/mol. The van der Waals surface area contributed by atoms with Crippen molar-refractivity contribution in [3.8, 4) is 11.5 Å². The molecule has 15 nitrogen and oxygen atoms in total. The molecule has 1 saturated carbocycles. The fourth-order valence-corrected chi connectivity index (χ4v) is 8.15. The average Bonchev–Trinajstić information content (AvgIpc) is 3.89. The highest BCUT2D eigenvalue weighted by Crippen LogP contribution is 2.30. The van der Waals surface area contributed by atoms with Crippen molar-refractivity contribution in [3.63, 3.8) is 0 Å². The number of pyridine rings is 1. The molecule has 57 heavy (non-hydrogen) atoms. The van der Waals surface area contributed by atoms with Crippen LogP contribution in [0.3, 0.4) is 0 Å². The number of fused-ring (bicyclic) bond motifs is 18. The second-order valence-corrected chi connectivity index (χ2v) is 16.9. The zero-order valence-corrected chi connectivity index (χ0v) is 33.5. The van der Waals surface area contributed by atoms with Gasteiger partial charge < -0.3 is 30.3 Å². The number of methoxy groups -OCH3 is 1.